The number of carbonyl (C=O) groups excluding carboxylic acids is 1. The Bertz CT molecular complexity index is 774. The molecule has 2 aliphatic heterocycles. The number of piperazine rings is 1. The number of carbonyl (C=O) groups is 1. The van der Waals surface area contributed by atoms with Gasteiger partial charge in [-0.2, -0.15) is 5.10 Å². The maximum atomic E-state index is 13.0. The number of aromatic nitrogens is 3. The number of aromatic amines is 1. The molecule has 0 bridgehead atoms. The van der Waals surface area contributed by atoms with E-state index in [1.165, 1.54) is 6.33 Å². The molecule has 7 heteroatoms. The third-order valence-corrected chi connectivity index (χ3v) is 6.15. The molecule has 4 rings (SSSR count). The highest BCUT2D eigenvalue weighted by Gasteiger charge is 2.29. The van der Waals surface area contributed by atoms with Gasteiger partial charge in [-0.25, -0.2) is 4.98 Å². The van der Waals surface area contributed by atoms with Gasteiger partial charge in [0.25, 0.3) is 5.91 Å². The molecule has 150 valence electrons. The molecule has 1 N–H and O–H groups in total. The maximum absolute atomic E-state index is 13.0. The first-order valence-corrected chi connectivity index (χ1v) is 10.3. The summed E-state index contributed by atoms with van der Waals surface area (Å²) in [6, 6.07) is 8.89. The fourth-order valence-electron chi connectivity index (χ4n) is 4.38. The second-order valence-electron chi connectivity index (χ2n) is 8.10. The van der Waals surface area contributed by atoms with Crippen LogP contribution in [0.25, 0.3) is 11.4 Å². The summed E-state index contributed by atoms with van der Waals surface area (Å²) in [7, 11) is 0. The van der Waals surface area contributed by atoms with Crippen molar-refractivity contribution in [2.75, 3.05) is 39.3 Å². The predicted octanol–water partition coefficient (Wildman–Crippen LogP) is 2.10. The normalized spacial score (nSPS) is 20.0. The number of likely N-dealkylation sites (tertiary alicyclic amines) is 1. The van der Waals surface area contributed by atoms with E-state index in [4.69, 9.17) is 0 Å². The molecule has 3 heterocycles. The first-order chi connectivity index (χ1) is 13.6. The number of H-pyrrole nitrogens is 1. The lowest BCUT2D eigenvalue weighted by molar-refractivity contribution is 0.0420. The first-order valence-electron chi connectivity index (χ1n) is 10.3. The van der Waals surface area contributed by atoms with Crippen molar-refractivity contribution < 1.29 is 4.79 Å². The molecule has 28 heavy (non-hydrogen) atoms. The van der Waals surface area contributed by atoms with Crippen molar-refractivity contribution in [2.45, 2.75) is 38.8 Å². The number of hydrogen-bond acceptors (Lipinski definition) is 5. The SMILES string of the molecule is CC(C)N1CCN(C2CCN(C(=O)c3cccc(-c4ncn[nH]4)c3)CC2)CC1. The van der Waals surface area contributed by atoms with Gasteiger partial charge in [-0.1, -0.05) is 12.1 Å². The molecule has 2 saturated heterocycles. The number of hydrogen-bond donors (Lipinski definition) is 1. The topological polar surface area (TPSA) is 68.4 Å². The van der Waals surface area contributed by atoms with E-state index in [1.54, 1.807) is 0 Å². The lowest BCUT2D eigenvalue weighted by Crippen LogP contribution is -2.54. The highest BCUT2D eigenvalue weighted by atomic mass is 16.2. The van der Waals surface area contributed by atoms with Gasteiger partial charge in [-0.05, 0) is 38.8 Å². The average molecular weight is 383 g/mol. The molecular weight excluding hydrogens is 352 g/mol. The second kappa shape index (κ2) is 8.41. The highest BCUT2D eigenvalue weighted by molar-refractivity contribution is 5.95. The molecule has 1 amide bonds. The number of nitrogens with one attached hydrogen (secondary N) is 1. The van der Waals surface area contributed by atoms with Crippen LogP contribution in [0.15, 0.2) is 30.6 Å². The van der Waals surface area contributed by atoms with Crippen LogP contribution in [0.4, 0.5) is 0 Å². The Morgan fingerprint density at radius 1 is 1.11 bits per heavy atom. The van der Waals surface area contributed by atoms with Crippen molar-refractivity contribution in [1.29, 1.82) is 0 Å². The smallest absolute Gasteiger partial charge is 0.253 e. The largest absolute Gasteiger partial charge is 0.339 e. The highest BCUT2D eigenvalue weighted by Crippen LogP contribution is 2.22. The Hall–Kier alpha value is -2.25. The van der Waals surface area contributed by atoms with E-state index in [0.29, 0.717) is 17.9 Å². The Kier molecular flexibility index (Phi) is 5.73. The molecule has 0 spiro atoms. The molecule has 2 aromatic rings. The van der Waals surface area contributed by atoms with Crippen LogP contribution < -0.4 is 0 Å². The number of amides is 1. The van der Waals surface area contributed by atoms with E-state index in [1.807, 2.05) is 29.2 Å². The van der Waals surface area contributed by atoms with E-state index >= 15 is 0 Å². The lowest BCUT2D eigenvalue weighted by Gasteiger charge is -2.43. The number of benzene rings is 1. The molecule has 1 aromatic carbocycles. The molecule has 2 fully saturated rings. The van der Waals surface area contributed by atoms with Gasteiger partial charge < -0.3 is 4.90 Å². The van der Waals surface area contributed by atoms with Crippen LogP contribution in [0, 0.1) is 0 Å². The molecule has 1 aromatic heterocycles. The fraction of sp³-hybridized carbons (Fsp3) is 0.571. The minimum Gasteiger partial charge on any atom is -0.339 e. The van der Waals surface area contributed by atoms with Gasteiger partial charge in [0.15, 0.2) is 5.82 Å². The van der Waals surface area contributed by atoms with Crippen LogP contribution in [-0.2, 0) is 0 Å². The van der Waals surface area contributed by atoms with Gasteiger partial charge in [0.2, 0.25) is 0 Å². The van der Waals surface area contributed by atoms with Gasteiger partial charge in [-0.15, -0.1) is 0 Å². The van der Waals surface area contributed by atoms with Crippen LogP contribution in [0.3, 0.4) is 0 Å². The van der Waals surface area contributed by atoms with E-state index in [0.717, 1.165) is 63.2 Å². The molecule has 0 radical (unpaired) electrons. The van der Waals surface area contributed by atoms with Gasteiger partial charge in [0.1, 0.15) is 6.33 Å². The zero-order valence-corrected chi connectivity index (χ0v) is 16.8. The molecule has 0 unspecified atom stereocenters. The Balaban J connectivity index is 1.33. The van der Waals surface area contributed by atoms with Crippen LogP contribution in [0.1, 0.15) is 37.0 Å². The van der Waals surface area contributed by atoms with Crippen molar-refractivity contribution >= 4 is 5.91 Å². The molecule has 0 saturated carbocycles. The van der Waals surface area contributed by atoms with Crippen LogP contribution in [0.2, 0.25) is 0 Å². The third kappa shape index (κ3) is 4.10. The number of piperidine rings is 1. The summed E-state index contributed by atoms with van der Waals surface area (Å²) in [4.78, 5) is 24.3. The Labute approximate surface area is 166 Å². The monoisotopic (exact) mass is 382 g/mol. The van der Waals surface area contributed by atoms with Crippen molar-refractivity contribution in [3.8, 4) is 11.4 Å². The average Bonchev–Trinajstić information content (AvgIpc) is 3.28. The second-order valence-corrected chi connectivity index (χ2v) is 8.10. The van der Waals surface area contributed by atoms with Gasteiger partial charge >= 0.3 is 0 Å². The van der Waals surface area contributed by atoms with E-state index in [-0.39, 0.29) is 5.91 Å². The summed E-state index contributed by atoms with van der Waals surface area (Å²) in [5.74, 6) is 0.804. The molecule has 0 aliphatic carbocycles. The summed E-state index contributed by atoms with van der Waals surface area (Å²) in [6.07, 6.45) is 3.61. The Morgan fingerprint density at radius 3 is 2.50 bits per heavy atom. The van der Waals surface area contributed by atoms with E-state index < -0.39 is 0 Å². The van der Waals surface area contributed by atoms with Crippen LogP contribution in [-0.4, -0.2) is 87.1 Å². The standard InChI is InChI=1S/C21H30N6O/c1-16(2)25-10-12-26(13-11-25)19-6-8-27(9-7-19)21(28)18-5-3-4-17(14-18)20-22-15-23-24-20/h3-5,14-16,19H,6-13H2,1-2H3,(H,22,23,24). The quantitative estimate of drug-likeness (QED) is 0.877. The first kappa shape index (κ1) is 19.1. The van der Waals surface area contributed by atoms with E-state index in [2.05, 4.69) is 38.8 Å². The predicted molar refractivity (Wildman–Crippen MR) is 109 cm³/mol. The molecule has 7 nitrogen and oxygen atoms in total. The Morgan fingerprint density at radius 2 is 1.86 bits per heavy atom. The van der Waals surface area contributed by atoms with Gasteiger partial charge in [0, 0.05) is 62.5 Å². The van der Waals surface area contributed by atoms with E-state index in [9.17, 15) is 4.79 Å². The van der Waals surface area contributed by atoms with Crippen molar-refractivity contribution in [1.82, 2.24) is 29.9 Å². The van der Waals surface area contributed by atoms with Crippen molar-refractivity contribution in [3.63, 3.8) is 0 Å². The van der Waals surface area contributed by atoms with Gasteiger partial charge in [0.05, 0.1) is 0 Å². The minimum absolute atomic E-state index is 0.115. The molecule has 0 atom stereocenters. The fourth-order valence-corrected chi connectivity index (χ4v) is 4.38. The maximum Gasteiger partial charge on any atom is 0.253 e. The summed E-state index contributed by atoms with van der Waals surface area (Å²) >= 11 is 0. The molecular formula is C21H30N6O. The summed E-state index contributed by atoms with van der Waals surface area (Å²) in [5.41, 5.74) is 1.61. The van der Waals surface area contributed by atoms with Crippen molar-refractivity contribution in [2.24, 2.45) is 0 Å². The lowest BCUT2D eigenvalue weighted by atomic mass is 10.0. The minimum atomic E-state index is 0.115. The molecule has 2 aliphatic rings. The zero-order chi connectivity index (χ0) is 19.5. The third-order valence-electron chi connectivity index (χ3n) is 6.15. The number of rotatable bonds is 4. The number of nitrogens with zero attached hydrogens (tertiary/aromatic N) is 5. The van der Waals surface area contributed by atoms with Crippen molar-refractivity contribution in [3.05, 3.63) is 36.2 Å². The summed E-state index contributed by atoms with van der Waals surface area (Å²) < 4.78 is 0. The zero-order valence-electron chi connectivity index (χ0n) is 16.8. The van der Waals surface area contributed by atoms with Gasteiger partial charge in [-0.3, -0.25) is 19.7 Å². The van der Waals surface area contributed by atoms with Crippen LogP contribution in [0.5, 0.6) is 0 Å². The van der Waals surface area contributed by atoms with Crippen LogP contribution >= 0.6 is 0 Å². The summed E-state index contributed by atoms with van der Waals surface area (Å²) in [6.45, 7) is 10.8. The summed E-state index contributed by atoms with van der Waals surface area (Å²) in [5, 5.41) is 6.75.